The number of carbonyl (C=O) groups excluding carboxylic acids is 1. The number of aromatic nitrogens is 2. The molecule has 1 amide bonds. The van der Waals surface area contributed by atoms with Crippen LogP contribution in [-0.4, -0.2) is 68.1 Å². The highest BCUT2D eigenvalue weighted by molar-refractivity contribution is 7.84. The molecule has 0 saturated heterocycles. The van der Waals surface area contributed by atoms with Crippen molar-refractivity contribution in [2.75, 3.05) is 26.4 Å². The molecule has 15 heteroatoms. The smallest absolute Gasteiger partial charge is 0.424 e. The zero-order valence-corrected chi connectivity index (χ0v) is 30.2. The summed E-state index contributed by atoms with van der Waals surface area (Å²) in [5.41, 5.74) is -5.41. The molecule has 2 aromatic carbocycles. The minimum Gasteiger partial charge on any atom is -0.489 e. The van der Waals surface area contributed by atoms with Gasteiger partial charge in [-0.3, -0.25) is 4.79 Å². The highest BCUT2D eigenvalue weighted by Crippen LogP contribution is 2.47. The first-order chi connectivity index (χ1) is 23.6. The van der Waals surface area contributed by atoms with Crippen LogP contribution in [-0.2, 0) is 26.9 Å². The number of aromatic amines is 1. The number of halogens is 4. The minimum absolute atomic E-state index is 0.0119. The monoisotopic (exact) mass is 734 g/mol. The number of amides is 1. The van der Waals surface area contributed by atoms with E-state index in [4.69, 9.17) is 14.2 Å². The Morgan fingerprint density at radius 1 is 1.06 bits per heavy atom. The predicted molar refractivity (Wildman–Crippen MR) is 185 cm³/mol. The van der Waals surface area contributed by atoms with E-state index in [1.807, 2.05) is 20.8 Å². The van der Waals surface area contributed by atoms with Crippen molar-refractivity contribution in [3.8, 4) is 22.8 Å². The lowest BCUT2D eigenvalue weighted by Gasteiger charge is -2.32. The topological polar surface area (TPSA) is 135 Å². The Balaban J connectivity index is 1.51. The number of fused-ring (bicyclic) bond motifs is 2. The van der Waals surface area contributed by atoms with Gasteiger partial charge in [0.25, 0.3) is 5.91 Å². The van der Waals surface area contributed by atoms with Crippen molar-refractivity contribution >= 4 is 27.8 Å². The highest BCUT2D eigenvalue weighted by Gasteiger charge is 2.57. The number of hydrogen-bond acceptors (Lipinski definition) is 7. The van der Waals surface area contributed by atoms with Crippen LogP contribution in [0.1, 0.15) is 70.1 Å². The number of rotatable bonds is 11. The molecule has 4 aromatic rings. The lowest BCUT2D eigenvalue weighted by atomic mass is 9.89. The lowest BCUT2D eigenvalue weighted by Crippen LogP contribution is -2.52. The van der Waals surface area contributed by atoms with Crippen molar-refractivity contribution in [3.05, 3.63) is 77.4 Å². The normalized spacial score (nSPS) is 18.2. The largest absolute Gasteiger partial charge is 0.489 e. The van der Waals surface area contributed by atoms with E-state index in [2.05, 4.69) is 20.0 Å². The van der Waals surface area contributed by atoms with Gasteiger partial charge in [0, 0.05) is 28.3 Å². The molecule has 3 atom stereocenters. The summed E-state index contributed by atoms with van der Waals surface area (Å²) < 4.78 is 91.8. The van der Waals surface area contributed by atoms with Crippen molar-refractivity contribution in [1.82, 2.24) is 20.0 Å². The molecule has 276 valence electrons. The predicted octanol–water partition coefficient (Wildman–Crippen LogP) is 6.40. The highest BCUT2D eigenvalue weighted by atomic mass is 32.2. The fourth-order valence-electron chi connectivity index (χ4n) is 5.37. The fourth-order valence-corrected chi connectivity index (χ4v) is 6.25. The Morgan fingerprint density at radius 2 is 1.75 bits per heavy atom. The maximum Gasteiger partial charge on any atom is 0.424 e. The number of carbonyl (C=O) groups is 1. The van der Waals surface area contributed by atoms with Crippen LogP contribution in [0.3, 0.4) is 0 Å². The van der Waals surface area contributed by atoms with E-state index in [-0.39, 0.29) is 53.7 Å². The first-order valence-electron chi connectivity index (χ1n) is 16.2. The van der Waals surface area contributed by atoms with Crippen molar-refractivity contribution in [2.45, 2.75) is 76.1 Å². The van der Waals surface area contributed by atoms with Crippen LogP contribution in [0.4, 0.5) is 17.6 Å². The second-order valence-electron chi connectivity index (χ2n) is 14.6. The average molecular weight is 735 g/mol. The molecular weight excluding hydrogens is 692 g/mol. The van der Waals surface area contributed by atoms with Crippen LogP contribution in [0.2, 0.25) is 0 Å². The summed E-state index contributed by atoms with van der Waals surface area (Å²) >= 11 is 0. The molecule has 1 unspecified atom stereocenters. The van der Waals surface area contributed by atoms with Crippen LogP contribution in [0.5, 0.6) is 11.5 Å². The molecule has 5 rings (SSSR count). The van der Waals surface area contributed by atoms with Crippen LogP contribution in [0.15, 0.2) is 54.7 Å². The van der Waals surface area contributed by atoms with Crippen molar-refractivity contribution in [2.24, 2.45) is 0 Å². The Labute approximate surface area is 295 Å². The third-order valence-corrected chi connectivity index (χ3v) is 9.97. The van der Waals surface area contributed by atoms with E-state index >= 15 is 13.2 Å². The van der Waals surface area contributed by atoms with Gasteiger partial charge in [0.15, 0.2) is 5.75 Å². The zero-order valence-electron chi connectivity index (χ0n) is 29.4. The number of nitrogens with zero attached hydrogens (tertiary/aromatic N) is 1. The van der Waals surface area contributed by atoms with E-state index in [0.29, 0.717) is 10.9 Å². The molecule has 3 heterocycles. The molecule has 0 saturated carbocycles. The molecule has 1 aliphatic heterocycles. The van der Waals surface area contributed by atoms with Gasteiger partial charge in [0.05, 0.1) is 51.2 Å². The summed E-state index contributed by atoms with van der Waals surface area (Å²) in [6.07, 6.45) is -3.71. The summed E-state index contributed by atoms with van der Waals surface area (Å²) in [6.45, 7) is 11.4. The van der Waals surface area contributed by atoms with E-state index in [9.17, 15) is 18.5 Å². The number of alkyl halides is 3. The number of H-pyrrole nitrogens is 1. The van der Waals surface area contributed by atoms with Gasteiger partial charge in [-0.05, 0) is 97.0 Å². The van der Waals surface area contributed by atoms with Crippen LogP contribution in [0.25, 0.3) is 22.2 Å². The molecule has 0 spiro atoms. The first kappa shape index (κ1) is 38.2. The Kier molecular flexibility index (Phi) is 10.4. The number of pyridine rings is 1. The van der Waals surface area contributed by atoms with Crippen LogP contribution < -0.4 is 19.5 Å². The van der Waals surface area contributed by atoms with Gasteiger partial charge in [-0.2, -0.15) is 13.2 Å². The summed E-state index contributed by atoms with van der Waals surface area (Å²) in [4.78, 5) is 20.7. The second kappa shape index (κ2) is 13.8. The maximum absolute atomic E-state index is 15.0. The average Bonchev–Trinajstić information content (AvgIpc) is 3.64. The third-order valence-electron chi connectivity index (χ3n) is 8.22. The van der Waals surface area contributed by atoms with E-state index in [0.717, 1.165) is 18.2 Å². The number of aliphatic hydroxyl groups is 1. The Bertz CT molecular complexity index is 1940. The quantitative estimate of drug-likeness (QED) is 0.104. The van der Waals surface area contributed by atoms with Gasteiger partial charge in [0.2, 0.25) is 5.60 Å². The van der Waals surface area contributed by atoms with Crippen molar-refractivity contribution < 1.29 is 45.9 Å². The molecule has 0 fully saturated rings. The molecule has 2 aromatic heterocycles. The van der Waals surface area contributed by atoms with E-state index in [1.54, 1.807) is 40.0 Å². The number of nitrogens with one attached hydrogen (secondary N) is 3. The summed E-state index contributed by atoms with van der Waals surface area (Å²) in [6, 6.07) is 10.5. The van der Waals surface area contributed by atoms with Gasteiger partial charge in [0.1, 0.15) is 30.5 Å². The lowest BCUT2D eigenvalue weighted by molar-refractivity contribution is -0.265. The Morgan fingerprint density at radius 3 is 2.37 bits per heavy atom. The molecule has 0 bridgehead atoms. The van der Waals surface area contributed by atoms with Crippen LogP contribution in [0, 0.1) is 5.82 Å². The summed E-state index contributed by atoms with van der Waals surface area (Å²) in [5.74, 6) is -1.12. The van der Waals surface area contributed by atoms with E-state index in [1.165, 1.54) is 24.3 Å². The number of ether oxygens (including phenoxy) is 3. The van der Waals surface area contributed by atoms with Crippen molar-refractivity contribution in [1.29, 1.82) is 0 Å². The number of hydrogen-bond donors (Lipinski definition) is 4. The zero-order chi connectivity index (χ0) is 37.6. The van der Waals surface area contributed by atoms with Gasteiger partial charge in [-0.25, -0.2) is 18.3 Å². The van der Waals surface area contributed by atoms with Gasteiger partial charge < -0.3 is 29.6 Å². The second-order valence-corrected chi connectivity index (χ2v) is 16.6. The third kappa shape index (κ3) is 8.21. The maximum atomic E-state index is 15.0. The van der Waals surface area contributed by atoms with Gasteiger partial charge >= 0.3 is 6.18 Å². The molecule has 0 radical (unpaired) electrons. The molecule has 1 aliphatic rings. The van der Waals surface area contributed by atoms with Gasteiger partial charge in [-0.15, -0.1) is 0 Å². The van der Waals surface area contributed by atoms with Gasteiger partial charge in [-0.1, -0.05) is 0 Å². The van der Waals surface area contributed by atoms with Crippen LogP contribution >= 0.6 is 0 Å². The van der Waals surface area contributed by atoms with E-state index < -0.39 is 62.6 Å². The summed E-state index contributed by atoms with van der Waals surface area (Å²) in [7, 11) is -1.68. The Hall–Kier alpha value is -4.05. The SMILES string of the molecule is CC(C)(C)OCCOc1cc(C(=O)NC[C@@](O)(c2cc3c(c(-c4ccc(F)cc4)n2)OC[C@@]3(C)NS(=O)C(C)(C)C)C(F)(F)F)cc2cc[nH]c12. The fraction of sp³-hybridized carbons (Fsp3) is 0.444. The molecule has 51 heavy (non-hydrogen) atoms. The summed E-state index contributed by atoms with van der Waals surface area (Å²) in [5, 5.41) is 14.3. The van der Waals surface area contributed by atoms with Crippen molar-refractivity contribution in [3.63, 3.8) is 0 Å². The molecule has 4 N–H and O–H groups in total. The molecule has 0 aliphatic carbocycles. The standard InChI is InChI=1S/C36H42F4N4O6S/c1-32(2,3)50-15-14-48-26-17-23(16-22-12-13-41-28(22)26)31(45)42-19-35(46,36(38,39)40)27-18-25-30(29(43-27)21-8-10-24(37)11-9-21)49-20-34(25,7)44-51(47)33(4,5)6/h8-13,16-18,41,44,46H,14-15,19-20H2,1-7H3,(H,42,45)/t34-,35-,51?/m1/s1. The number of benzene rings is 2. The minimum atomic E-state index is -5.34. The molecular formula is C36H42F4N4O6S. The first-order valence-corrected chi connectivity index (χ1v) is 17.4. The molecule has 10 nitrogen and oxygen atoms in total.